The van der Waals surface area contributed by atoms with Gasteiger partial charge in [-0.2, -0.15) is 0 Å². The number of aromatic nitrogens is 1. The Bertz CT molecular complexity index is 828. The molecule has 0 saturated carbocycles. The van der Waals surface area contributed by atoms with Gasteiger partial charge in [0, 0.05) is 25.8 Å². The van der Waals surface area contributed by atoms with Crippen LogP contribution in [0.2, 0.25) is 0 Å². The van der Waals surface area contributed by atoms with E-state index in [1.54, 1.807) is 0 Å². The van der Waals surface area contributed by atoms with E-state index in [1.165, 1.54) is 36.9 Å². The number of oxazole rings is 1. The lowest BCUT2D eigenvalue weighted by Gasteiger charge is -2.14. The highest BCUT2D eigenvalue weighted by Crippen LogP contribution is 2.23. The summed E-state index contributed by atoms with van der Waals surface area (Å²) in [6.45, 7) is 0.180. The number of rotatable bonds is 6. The molecule has 0 unspecified atom stereocenters. The van der Waals surface area contributed by atoms with Gasteiger partial charge in [-0.15, -0.1) is 0 Å². The summed E-state index contributed by atoms with van der Waals surface area (Å²) in [7, 11) is -3.68. The fourth-order valence-electron chi connectivity index (χ4n) is 2.40. The van der Waals surface area contributed by atoms with Crippen LogP contribution in [0.5, 0.6) is 0 Å². The van der Waals surface area contributed by atoms with Crippen LogP contribution >= 0.6 is 0 Å². The lowest BCUT2D eigenvalue weighted by atomic mass is 10.3. The minimum atomic E-state index is -3.68. The Morgan fingerprint density at radius 2 is 1.79 bits per heavy atom. The number of carbonyl (C=O) groups is 2. The zero-order valence-electron chi connectivity index (χ0n) is 12.6. The van der Waals surface area contributed by atoms with Gasteiger partial charge in [0.1, 0.15) is 6.26 Å². The molecule has 0 bridgehead atoms. The number of benzene rings is 1. The summed E-state index contributed by atoms with van der Waals surface area (Å²) in [5, 5.41) is 0. The van der Waals surface area contributed by atoms with Crippen molar-refractivity contribution >= 4 is 27.5 Å². The molecule has 1 N–H and O–H groups in total. The van der Waals surface area contributed by atoms with Gasteiger partial charge in [0.25, 0.3) is 0 Å². The van der Waals surface area contributed by atoms with Crippen LogP contribution in [0.1, 0.15) is 18.5 Å². The molecule has 0 atom stereocenters. The van der Waals surface area contributed by atoms with Gasteiger partial charge >= 0.3 is 0 Å². The standard InChI is InChI=1S/C15H15N3O5S/c19-14-5-6-15(20)18(14)12-1-3-13(4-2-12)24(21,22)17-8-7-11-9-23-10-16-11/h1-4,9-10,17H,5-8H2. The quantitative estimate of drug-likeness (QED) is 0.774. The van der Waals surface area contributed by atoms with E-state index in [0.29, 0.717) is 17.8 Å². The van der Waals surface area contributed by atoms with Crippen molar-refractivity contribution in [3.63, 3.8) is 0 Å². The summed E-state index contributed by atoms with van der Waals surface area (Å²) in [6.07, 6.45) is 3.51. The van der Waals surface area contributed by atoms with Crippen LogP contribution < -0.4 is 9.62 Å². The zero-order chi connectivity index (χ0) is 17.2. The SMILES string of the molecule is O=C1CCC(=O)N1c1ccc(S(=O)(=O)NCCc2cocn2)cc1. The number of hydrogen-bond donors (Lipinski definition) is 1. The average Bonchev–Trinajstić information content (AvgIpc) is 3.18. The predicted molar refractivity (Wildman–Crippen MR) is 83.6 cm³/mol. The molecule has 2 heterocycles. The lowest BCUT2D eigenvalue weighted by Crippen LogP contribution is -2.29. The number of amides is 2. The Hall–Kier alpha value is -2.52. The van der Waals surface area contributed by atoms with E-state index in [-0.39, 0.29) is 36.1 Å². The molecule has 3 rings (SSSR count). The van der Waals surface area contributed by atoms with Gasteiger partial charge in [-0.1, -0.05) is 0 Å². The maximum Gasteiger partial charge on any atom is 0.240 e. The molecular weight excluding hydrogens is 334 g/mol. The molecule has 1 aromatic carbocycles. The second kappa shape index (κ2) is 6.54. The largest absolute Gasteiger partial charge is 0.451 e. The minimum absolute atomic E-state index is 0.0606. The van der Waals surface area contributed by atoms with Crippen molar-refractivity contribution in [2.45, 2.75) is 24.2 Å². The first-order valence-electron chi connectivity index (χ1n) is 7.30. The van der Waals surface area contributed by atoms with Gasteiger partial charge in [0.2, 0.25) is 21.8 Å². The highest BCUT2D eigenvalue weighted by molar-refractivity contribution is 7.89. The van der Waals surface area contributed by atoms with Crippen LogP contribution in [0.4, 0.5) is 5.69 Å². The van der Waals surface area contributed by atoms with E-state index in [9.17, 15) is 18.0 Å². The summed E-state index contributed by atoms with van der Waals surface area (Å²) >= 11 is 0. The molecule has 1 aromatic heterocycles. The van der Waals surface area contributed by atoms with Crippen molar-refractivity contribution in [2.24, 2.45) is 0 Å². The maximum atomic E-state index is 12.2. The fraction of sp³-hybridized carbons (Fsp3) is 0.267. The molecule has 8 nitrogen and oxygen atoms in total. The van der Waals surface area contributed by atoms with Crippen molar-refractivity contribution in [3.05, 3.63) is 42.6 Å². The van der Waals surface area contributed by atoms with Gasteiger partial charge in [0.15, 0.2) is 6.39 Å². The second-order valence-corrected chi connectivity index (χ2v) is 7.01. The Kier molecular flexibility index (Phi) is 4.45. The van der Waals surface area contributed by atoms with E-state index in [1.807, 2.05) is 0 Å². The van der Waals surface area contributed by atoms with Gasteiger partial charge in [-0.25, -0.2) is 18.1 Å². The summed E-state index contributed by atoms with van der Waals surface area (Å²) < 4.78 is 31.7. The third kappa shape index (κ3) is 3.36. The average molecular weight is 349 g/mol. The molecule has 2 amide bonds. The number of sulfonamides is 1. The third-order valence-electron chi connectivity index (χ3n) is 3.61. The first kappa shape index (κ1) is 16.3. The zero-order valence-corrected chi connectivity index (χ0v) is 13.5. The summed E-state index contributed by atoms with van der Waals surface area (Å²) in [5.41, 5.74) is 1.03. The van der Waals surface area contributed by atoms with E-state index >= 15 is 0 Å². The summed E-state index contributed by atoms with van der Waals surface area (Å²) in [4.78, 5) is 28.4. The maximum absolute atomic E-state index is 12.2. The van der Waals surface area contributed by atoms with Crippen molar-refractivity contribution in [2.75, 3.05) is 11.4 Å². The molecule has 24 heavy (non-hydrogen) atoms. The minimum Gasteiger partial charge on any atom is -0.451 e. The molecule has 2 aromatic rings. The van der Waals surface area contributed by atoms with Crippen LogP contribution in [0.15, 0.2) is 46.2 Å². The van der Waals surface area contributed by atoms with E-state index in [4.69, 9.17) is 4.42 Å². The second-order valence-electron chi connectivity index (χ2n) is 5.24. The van der Waals surface area contributed by atoms with Gasteiger partial charge in [0.05, 0.1) is 16.3 Å². The van der Waals surface area contributed by atoms with Crippen LogP contribution in [0.25, 0.3) is 0 Å². The van der Waals surface area contributed by atoms with E-state index in [0.717, 1.165) is 4.90 Å². The van der Waals surface area contributed by atoms with Crippen LogP contribution in [-0.2, 0) is 26.0 Å². The molecule has 9 heteroatoms. The highest BCUT2D eigenvalue weighted by atomic mass is 32.2. The number of imide groups is 1. The van der Waals surface area contributed by atoms with Crippen molar-refractivity contribution in [1.29, 1.82) is 0 Å². The van der Waals surface area contributed by atoms with Crippen LogP contribution in [-0.4, -0.2) is 31.8 Å². The Balaban J connectivity index is 1.67. The third-order valence-corrected chi connectivity index (χ3v) is 5.09. The Labute approximate surface area is 138 Å². The normalized spacial score (nSPS) is 15.2. The van der Waals surface area contributed by atoms with Gasteiger partial charge in [-0.05, 0) is 24.3 Å². The fourth-order valence-corrected chi connectivity index (χ4v) is 3.43. The lowest BCUT2D eigenvalue weighted by molar-refractivity contribution is -0.121. The number of anilines is 1. The summed E-state index contributed by atoms with van der Waals surface area (Å²) in [6, 6.07) is 5.64. The summed E-state index contributed by atoms with van der Waals surface area (Å²) in [5.74, 6) is -0.553. The molecule has 1 fully saturated rings. The molecule has 1 saturated heterocycles. The van der Waals surface area contributed by atoms with Crippen LogP contribution in [0.3, 0.4) is 0 Å². The molecule has 0 radical (unpaired) electrons. The van der Waals surface area contributed by atoms with Crippen molar-refractivity contribution in [1.82, 2.24) is 9.71 Å². The molecule has 0 aliphatic carbocycles. The number of hydrogen-bond acceptors (Lipinski definition) is 6. The van der Waals surface area contributed by atoms with Crippen LogP contribution in [0, 0.1) is 0 Å². The molecule has 1 aliphatic heterocycles. The molecule has 1 aliphatic rings. The van der Waals surface area contributed by atoms with E-state index < -0.39 is 10.0 Å². The molecule has 0 spiro atoms. The number of carbonyl (C=O) groups excluding carboxylic acids is 2. The Morgan fingerprint density at radius 3 is 2.38 bits per heavy atom. The first-order chi connectivity index (χ1) is 11.5. The molecular formula is C15H15N3O5S. The Morgan fingerprint density at radius 1 is 1.12 bits per heavy atom. The topological polar surface area (TPSA) is 110 Å². The molecule has 126 valence electrons. The van der Waals surface area contributed by atoms with Crippen molar-refractivity contribution in [3.8, 4) is 0 Å². The first-order valence-corrected chi connectivity index (χ1v) is 8.78. The van der Waals surface area contributed by atoms with Gasteiger partial charge in [-0.3, -0.25) is 14.5 Å². The predicted octanol–water partition coefficient (Wildman–Crippen LogP) is 0.849. The van der Waals surface area contributed by atoms with Crippen molar-refractivity contribution < 1.29 is 22.4 Å². The monoisotopic (exact) mass is 349 g/mol. The smallest absolute Gasteiger partial charge is 0.240 e. The highest BCUT2D eigenvalue weighted by Gasteiger charge is 2.30. The number of nitrogens with zero attached hydrogens (tertiary/aromatic N) is 2. The van der Waals surface area contributed by atoms with Gasteiger partial charge < -0.3 is 4.42 Å². The van der Waals surface area contributed by atoms with E-state index in [2.05, 4.69) is 9.71 Å². The number of nitrogens with one attached hydrogen (secondary N) is 1.